The third-order valence-corrected chi connectivity index (χ3v) is 0.369. The van der Waals surface area contributed by atoms with Crippen LogP contribution in [0.4, 0.5) is 0 Å². The van der Waals surface area contributed by atoms with Crippen molar-refractivity contribution < 1.29 is 4.84 Å². The Balaban J connectivity index is 2.83. The van der Waals surface area contributed by atoms with Gasteiger partial charge in [-0.3, -0.25) is 4.84 Å². The van der Waals surface area contributed by atoms with E-state index in [2.05, 4.69) is 15.8 Å². The summed E-state index contributed by atoms with van der Waals surface area (Å²) in [6.07, 6.45) is 0. The van der Waals surface area contributed by atoms with Gasteiger partial charge in [-0.25, -0.2) is 5.43 Å². The minimum absolute atomic E-state index is 0.194. The molecule has 0 spiro atoms. The smallest absolute Gasteiger partial charge is 0.0580 e. The van der Waals surface area contributed by atoms with Crippen LogP contribution in [0.1, 0.15) is 0 Å². The molecule has 7 heavy (non-hydrogen) atoms. The minimum Gasteiger partial charge on any atom is -0.747 e. The number of hydrogen-bond donors (Lipinski definition) is 2. The molecule has 0 saturated carbocycles. The molecule has 0 heterocycles. The molecule has 0 bridgehead atoms. The second-order valence-corrected chi connectivity index (χ2v) is 0.801. The highest BCUT2D eigenvalue weighted by molar-refractivity contribution is 4.21. The van der Waals surface area contributed by atoms with E-state index in [0.29, 0.717) is 0 Å². The maximum atomic E-state index is 9.93. The highest BCUT2D eigenvalue weighted by Crippen LogP contribution is 1.67. The van der Waals surface area contributed by atoms with E-state index in [9.17, 15) is 5.21 Å². The van der Waals surface area contributed by atoms with Gasteiger partial charge in [0.15, 0.2) is 0 Å². The normalized spacial score (nSPS) is 10.3. The molecule has 0 radical (unpaired) electrons. The Bertz CT molecular complexity index is 41.9. The van der Waals surface area contributed by atoms with Gasteiger partial charge in [0.2, 0.25) is 0 Å². The SMILES string of the molecule is CNNN([O-])OC. The molecule has 0 fully saturated rings. The summed E-state index contributed by atoms with van der Waals surface area (Å²) in [7, 11) is 2.82. The first kappa shape index (κ1) is 6.80. The van der Waals surface area contributed by atoms with Gasteiger partial charge in [-0.2, -0.15) is 10.9 Å². The second-order valence-electron chi connectivity index (χ2n) is 0.801. The van der Waals surface area contributed by atoms with Crippen molar-refractivity contribution in [3.63, 3.8) is 0 Å². The van der Waals surface area contributed by atoms with Crippen LogP contribution in [-0.2, 0) is 4.84 Å². The molecular formula is C2H8N3O2-. The van der Waals surface area contributed by atoms with Crippen molar-refractivity contribution in [2.75, 3.05) is 14.2 Å². The van der Waals surface area contributed by atoms with E-state index in [1.165, 1.54) is 7.11 Å². The Morgan fingerprint density at radius 2 is 2.29 bits per heavy atom. The number of nitrogens with zero attached hydrogens (tertiary/aromatic N) is 1. The van der Waals surface area contributed by atoms with Crippen LogP contribution in [0.15, 0.2) is 0 Å². The predicted molar refractivity (Wildman–Crippen MR) is 24.4 cm³/mol. The summed E-state index contributed by atoms with van der Waals surface area (Å²) in [5.41, 5.74) is 4.46. The molecule has 5 heteroatoms. The molecule has 0 aromatic rings. The molecule has 0 rings (SSSR count). The molecule has 5 nitrogen and oxygen atoms in total. The highest BCUT2D eigenvalue weighted by atomic mass is 16.9. The topological polar surface area (TPSA) is 59.6 Å². The summed E-state index contributed by atoms with van der Waals surface area (Å²) in [5.74, 6) is 0. The number of hydrogen-bond acceptors (Lipinski definition) is 5. The van der Waals surface area contributed by atoms with Gasteiger partial charge in [0.25, 0.3) is 0 Å². The first-order valence-corrected chi connectivity index (χ1v) is 1.75. The highest BCUT2D eigenvalue weighted by Gasteiger charge is 1.74. The zero-order chi connectivity index (χ0) is 5.70. The Morgan fingerprint density at radius 1 is 1.71 bits per heavy atom. The summed E-state index contributed by atoms with van der Waals surface area (Å²) in [4.78, 5) is 4.09. The molecule has 0 saturated heterocycles. The molecule has 0 aliphatic heterocycles. The van der Waals surface area contributed by atoms with Crippen molar-refractivity contribution in [1.82, 2.24) is 16.3 Å². The number of rotatable bonds is 3. The summed E-state index contributed by atoms with van der Waals surface area (Å²) in [6.45, 7) is 0. The fraction of sp³-hybridized carbons (Fsp3) is 1.00. The van der Waals surface area contributed by atoms with Gasteiger partial charge in [0.1, 0.15) is 0 Å². The standard InChI is InChI=1S/C2H8N3O2/c1-3-4-5(6)7-2/h3-4H,1-2H3/q-1. The van der Waals surface area contributed by atoms with Crippen molar-refractivity contribution in [3.05, 3.63) is 5.21 Å². The third-order valence-electron chi connectivity index (χ3n) is 0.369. The van der Waals surface area contributed by atoms with Gasteiger partial charge < -0.3 is 5.21 Å². The van der Waals surface area contributed by atoms with Crippen molar-refractivity contribution in [1.29, 1.82) is 0 Å². The van der Waals surface area contributed by atoms with Crippen LogP contribution in [-0.4, -0.2) is 19.5 Å². The summed E-state index contributed by atoms with van der Waals surface area (Å²) in [5, 5.41) is 10.1. The van der Waals surface area contributed by atoms with E-state index >= 15 is 0 Å². The Labute approximate surface area is 41.7 Å². The van der Waals surface area contributed by atoms with Crippen molar-refractivity contribution in [3.8, 4) is 0 Å². The van der Waals surface area contributed by atoms with Crippen molar-refractivity contribution in [2.24, 2.45) is 0 Å². The van der Waals surface area contributed by atoms with E-state index in [1.807, 2.05) is 0 Å². The molecular weight excluding hydrogens is 98.0 g/mol. The fourth-order valence-electron chi connectivity index (χ4n) is 0.137. The average molecular weight is 106 g/mol. The largest absolute Gasteiger partial charge is 0.747 e. The lowest BCUT2D eigenvalue weighted by Gasteiger charge is -2.23. The fourth-order valence-corrected chi connectivity index (χ4v) is 0.137. The summed E-state index contributed by atoms with van der Waals surface area (Å²) in [6, 6.07) is 0. The Kier molecular flexibility index (Phi) is 3.86. The van der Waals surface area contributed by atoms with E-state index in [1.54, 1.807) is 7.05 Å². The summed E-state index contributed by atoms with van der Waals surface area (Å²) < 4.78 is 0. The van der Waals surface area contributed by atoms with E-state index in [-0.39, 0.29) is 5.34 Å². The number of nitrogens with one attached hydrogen (secondary N) is 2. The molecule has 44 valence electrons. The molecule has 0 aromatic carbocycles. The monoisotopic (exact) mass is 106 g/mol. The number of hydrazine groups is 2. The molecule has 0 amide bonds. The molecule has 0 aromatic heterocycles. The predicted octanol–water partition coefficient (Wildman–Crippen LogP) is -1.01. The molecule has 0 atom stereocenters. The van der Waals surface area contributed by atoms with Gasteiger partial charge in [-0.1, -0.05) is 0 Å². The minimum atomic E-state index is 0.194. The lowest BCUT2D eigenvalue weighted by Crippen LogP contribution is -2.40. The van der Waals surface area contributed by atoms with Crippen LogP contribution < -0.4 is 11.0 Å². The third kappa shape index (κ3) is 3.64. The zero-order valence-corrected chi connectivity index (χ0v) is 4.26. The van der Waals surface area contributed by atoms with E-state index in [0.717, 1.165) is 0 Å². The van der Waals surface area contributed by atoms with Crippen LogP contribution in [0, 0.1) is 5.21 Å². The van der Waals surface area contributed by atoms with E-state index in [4.69, 9.17) is 0 Å². The van der Waals surface area contributed by atoms with Crippen molar-refractivity contribution >= 4 is 0 Å². The first-order valence-electron chi connectivity index (χ1n) is 1.75. The van der Waals surface area contributed by atoms with Crippen LogP contribution in [0.3, 0.4) is 0 Å². The van der Waals surface area contributed by atoms with Crippen LogP contribution in [0.25, 0.3) is 0 Å². The Hall–Kier alpha value is -0.200. The van der Waals surface area contributed by atoms with Gasteiger partial charge >= 0.3 is 0 Å². The van der Waals surface area contributed by atoms with Gasteiger partial charge in [-0.15, -0.1) is 0 Å². The summed E-state index contributed by atoms with van der Waals surface area (Å²) >= 11 is 0. The van der Waals surface area contributed by atoms with Gasteiger partial charge in [0, 0.05) is 0 Å². The van der Waals surface area contributed by atoms with Crippen LogP contribution in [0.5, 0.6) is 0 Å². The maximum absolute atomic E-state index is 9.93. The average Bonchev–Trinajstić information content (AvgIpc) is 1.68. The molecule has 2 N–H and O–H groups in total. The quantitative estimate of drug-likeness (QED) is 0.451. The lowest BCUT2D eigenvalue weighted by atomic mass is 11.5. The second kappa shape index (κ2) is 3.97. The van der Waals surface area contributed by atoms with E-state index < -0.39 is 0 Å². The molecule has 0 unspecified atom stereocenters. The lowest BCUT2D eigenvalue weighted by molar-refractivity contribution is -0.138. The van der Waals surface area contributed by atoms with Crippen molar-refractivity contribution in [2.45, 2.75) is 0 Å². The molecule has 0 aliphatic rings. The van der Waals surface area contributed by atoms with Gasteiger partial charge in [0.05, 0.1) is 7.11 Å². The van der Waals surface area contributed by atoms with Crippen LogP contribution in [0.2, 0.25) is 0 Å². The Morgan fingerprint density at radius 3 is 2.43 bits per heavy atom. The maximum Gasteiger partial charge on any atom is 0.0580 e. The first-order chi connectivity index (χ1) is 3.31. The zero-order valence-electron chi connectivity index (χ0n) is 4.26. The van der Waals surface area contributed by atoms with Gasteiger partial charge in [-0.05, 0) is 7.05 Å². The van der Waals surface area contributed by atoms with Crippen LogP contribution >= 0.6 is 0 Å². The molecule has 0 aliphatic carbocycles.